The van der Waals surface area contributed by atoms with Gasteiger partial charge in [0.15, 0.2) is 0 Å². The quantitative estimate of drug-likeness (QED) is 0.802. The van der Waals surface area contributed by atoms with E-state index in [1.807, 2.05) is 17.5 Å². The second-order valence-corrected chi connectivity index (χ2v) is 5.24. The molecule has 86 valence electrons. The monoisotopic (exact) mass is 226 g/mol. The van der Waals surface area contributed by atoms with Gasteiger partial charge in [0, 0.05) is 17.1 Å². The highest BCUT2D eigenvalue weighted by Crippen LogP contribution is 2.20. The molecule has 15 heavy (non-hydrogen) atoms. The van der Waals surface area contributed by atoms with E-state index in [2.05, 4.69) is 38.0 Å². The van der Waals surface area contributed by atoms with E-state index in [0.29, 0.717) is 12.1 Å². The summed E-state index contributed by atoms with van der Waals surface area (Å²) in [4.78, 5) is 5.83. The Morgan fingerprint density at radius 1 is 1.40 bits per heavy atom. The van der Waals surface area contributed by atoms with Crippen molar-refractivity contribution in [2.24, 2.45) is 0 Å². The van der Waals surface area contributed by atoms with Gasteiger partial charge >= 0.3 is 0 Å². The van der Waals surface area contributed by atoms with Gasteiger partial charge < -0.3 is 5.32 Å². The molecule has 0 aliphatic heterocycles. The molecule has 0 spiro atoms. The molecule has 0 amide bonds. The average molecular weight is 226 g/mol. The number of nitrogens with zero attached hydrogens (tertiary/aromatic N) is 1. The van der Waals surface area contributed by atoms with E-state index in [1.54, 1.807) is 0 Å². The van der Waals surface area contributed by atoms with Crippen LogP contribution < -0.4 is 5.32 Å². The summed E-state index contributed by atoms with van der Waals surface area (Å²) in [5.41, 5.74) is 0. The van der Waals surface area contributed by atoms with Crippen LogP contribution in [-0.4, -0.2) is 11.0 Å². The maximum absolute atomic E-state index is 4.46. The molecular formula is C12H22N2S. The van der Waals surface area contributed by atoms with E-state index in [0.717, 1.165) is 6.42 Å². The van der Waals surface area contributed by atoms with Gasteiger partial charge in [-0.25, -0.2) is 4.98 Å². The molecule has 0 bridgehead atoms. The molecule has 0 aromatic carbocycles. The van der Waals surface area contributed by atoms with Crippen molar-refractivity contribution in [1.82, 2.24) is 10.3 Å². The third-order valence-corrected chi connectivity index (χ3v) is 3.87. The summed E-state index contributed by atoms with van der Waals surface area (Å²) in [6.45, 7) is 8.84. The summed E-state index contributed by atoms with van der Waals surface area (Å²) in [7, 11) is 0. The standard InChI is InChI=1S/C12H22N2S/c1-5-7-9(3)14-10(4)12-13-8-11(6-2)15-12/h8-10,14H,5-7H2,1-4H3. The Kier molecular flexibility index (Phi) is 5.26. The molecule has 0 aliphatic rings. The van der Waals surface area contributed by atoms with Gasteiger partial charge in [0.25, 0.3) is 0 Å². The van der Waals surface area contributed by atoms with Crippen LogP contribution in [-0.2, 0) is 6.42 Å². The number of hydrogen-bond donors (Lipinski definition) is 1. The maximum atomic E-state index is 4.46. The fraction of sp³-hybridized carbons (Fsp3) is 0.750. The summed E-state index contributed by atoms with van der Waals surface area (Å²) in [5, 5.41) is 4.80. The molecule has 0 fully saturated rings. The molecule has 0 radical (unpaired) electrons. The normalized spacial score (nSPS) is 15.2. The van der Waals surface area contributed by atoms with Gasteiger partial charge in [-0.3, -0.25) is 0 Å². The predicted molar refractivity (Wildman–Crippen MR) is 67.4 cm³/mol. The molecule has 2 atom stereocenters. The lowest BCUT2D eigenvalue weighted by Gasteiger charge is -2.17. The molecule has 3 heteroatoms. The van der Waals surface area contributed by atoms with Crippen LogP contribution in [0.25, 0.3) is 0 Å². The van der Waals surface area contributed by atoms with E-state index in [-0.39, 0.29) is 0 Å². The van der Waals surface area contributed by atoms with Gasteiger partial charge in [0.2, 0.25) is 0 Å². The number of thiazole rings is 1. The van der Waals surface area contributed by atoms with Crippen LogP contribution in [0.3, 0.4) is 0 Å². The average Bonchev–Trinajstić information content (AvgIpc) is 2.66. The Bertz CT molecular complexity index is 283. The fourth-order valence-corrected chi connectivity index (χ4v) is 2.57. The Balaban J connectivity index is 2.49. The van der Waals surface area contributed by atoms with Crippen LogP contribution in [0, 0.1) is 0 Å². The highest BCUT2D eigenvalue weighted by atomic mass is 32.1. The lowest BCUT2D eigenvalue weighted by Crippen LogP contribution is -2.28. The zero-order chi connectivity index (χ0) is 11.3. The Morgan fingerprint density at radius 2 is 2.13 bits per heavy atom. The molecular weight excluding hydrogens is 204 g/mol. The van der Waals surface area contributed by atoms with Crippen molar-refractivity contribution in [2.45, 2.75) is 59.0 Å². The Labute approximate surface area is 97.1 Å². The number of hydrogen-bond acceptors (Lipinski definition) is 3. The Morgan fingerprint density at radius 3 is 2.67 bits per heavy atom. The van der Waals surface area contributed by atoms with E-state index in [1.165, 1.54) is 22.7 Å². The lowest BCUT2D eigenvalue weighted by molar-refractivity contribution is 0.452. The molecule has 2 nitrogen and oxygen atoms in total. The van der Waals surface area contributed by atoms with Crippen LogP contribution >= 0.6 is 11.3 Å². The predicted octanol–water partition coefficient (Wildman–Crippen LogP) is 3.54. The number of rotatable bonds is 6. The lowest BCUT2D eigenvalue weighted by atomic mass is 10.2. The first kappa shape index (κ1) is 12.7. The zero-order valence-electron chi connectivity index (χ0n) is 10.2. The molecule has 0 saturated heterocycles. The van der Waals surface area contributed by atoms with Gasteiger partial charge in [-0.05, 0) is 26.7 Å². The first-order valence-electron chi connectivity index (χ1n) is 5.88. The zero-order valence-corrected chi connectivity index (χ0v) is 11.0. The highest BCUT2D eigenvalue weighted by molar-refractivity contribution is 7.11. The topological polar surface area (TPSA) is 24.9 Å². The van der Waals surface area contributed by atoms with E-state index in [4.69, 9.17) is 0 Å². The largest absolute Gasteiger partial charge is 0.306 e. The van der Waals surface area contributed by atoms with Gasteiger partial charge in [-0.15, -0.1) is 11.3 Å². The van der Waals surface area contributed by atoms with Crippen LogP contribution in [0.2, 0.25) is 0 Å². The van der Waals surface area contributed by atoms with Crippen molar-refractivity contribution in [1.29, 1.82) is 0 Å². The highest BCUT2D eigenvalue weighted by Gasteiger charge is 2.12. The van der Waals surface area contributed by atoms with Gasteiger partial charge in [-0.2, -0.15) is 0 Å². The van der Waals surface area contributed by atoms with Crippen molar-refractivity contribution in [2.75, 3.05) is 0 Å². The van der Waals surface area contributed by atoms with Crippen molar-refractivity contribution in [3.63, 3.8) is 0 Å². The first-order valence-corrected chi connectivity index (χ1v) is 6.69. The molecule has 1 N–H and O–H groups in total. The molecule has 1 aromatic heterocycles. The molecule has 2 unspecified atom stereocenters. The molecule has 1 aromatic rings. The van der Waals surface area contributed by atoms with Crippen molar-refractivity contribution < 1.29 is 0 Å². The van der Waals surface area contributed by atoms with E-state index < -0.39 is 0 Å². The summed E-state index contributed by atoms with van der Waals surface area (Å²) >= 11 is 1.83. The number of aromatic nitrogens is 1. The van der Waals surface area contributed by atoms with Gasteiger partial charge in [0.05, 0.1) is 6.04 Å². The second kappa shape index (κ2) is 6.23. The molecule has 0 saturated carbocycles. The molecule has 1 rings (SSSR count). The summed E-state index contributed by atoms with van der Waals surface area (Å²) < 4.78 is 0. The maximum Gasteiger partial charge on any atom is 0.109 e. The first-order chi connectivity index (χ1) is 7.17. The number of nitrogens with one attached hydrogen (secondary N) is 1. The summed E-state index contributed by atoms with van der Waals surface area (Å²) in [5.74, 6) is 0. The van der Waals surface area contributed by atoms with Crippen LogP contribution in [0.1, 0.15) is 56.5 Å². The van der Waals surface area contributed by atoms with E-state index in [9.17, 15) is 0 Å². The van der Waals surface area contributed by atoms with Gasteiger partial charge in [-0.1, -0.05) is 20.3 Å². The van der Waals surface area contributed by atoms with Crippen LogP contribution in [0.5, 0.6) is 0 Å². The van der Waals surface area contributed by atoms with Crippen molar-refractivity contribution >= 4 is 11.3 Å². The van der Waals surface area contributed by atoms with Gasteiger partial charge in [0.1, 0.15) is 5.01 Å². The van der Waals surface area contributed by atoms with Crippen molar-refractivity contribution in [3.05, 3.63) is 16.1 Å². The fourth-order valence-electron chi connectivity index (χ4n) is 1.70. The number of aryl methyl sites for hydroxylation is 1. The minimum atomic E-state index is 0.386. The molecule has 0 aliphatic carbocycles. The Hall–Kier alpha value is -0.410. The smallest absolute Gasteiger partial charge is 0.109 e. The summed E-state index contributed by atoms with van der Waals surface area (Å²) in [6.07, 6.45) is 5.56. The minimum Gasteiger partial charge on any atom is -0.306 e. The third kappa shape index (κ3) is 3.92. The summed E-state index contributed by atoms with van der Waals surface area (Å²) in [6, 6.07) is 0.968. The SMILES string of the molecule is CCCC(C)NC(C)c1ncc(CC)s1. The van der Waals surface area contributed by atoms with Crippen molar-refractivity contribution in [3.8, 4) is 0 Å². The van der Waals surface area contributed by atoms with E-state index >= 15 is 0 Å². The second-order valence-electron chi connectivity index (χ2n) is 4.10. The van der Waals surface area contributed by atoms with Crippen LogP contribution in [0.15, 0.2) is 6.20 Å². The van der Waals surface area contributed by atoms with Crippen LogP contribution in [0.4, 0.5) is 0 Å². The third-order valence-electron chi connectivity index (χ3n) is 2.55. The molecule has 1 heterocycles. The minimum absolute atomic E-state index is 0.386.